The Labute approximate surface area is 130 Å². The van der Waals surface area contributed by atoms with Crippen molar-refractivity contribution in [1.82, 2.24) is 4.57 Å². The van der Waals surface area contributed by atoms with E-state index in [1.807, 2.05) is 20.8 Å². The second-order valence-corrected chi connectivity index (χ2v) is 5.24. The molecule has 118 valence electrons. The van der Waals surface area contributed by atoms with Gasteiger partial charge in [-0.15, -0.1) is 0 Å². The fraction of sp³-hybridized carbons (Fsp3) is 0.526. The Morgan fingerprint density at radius 2 is 1.43 bits per heavy atom. The van der Waals surface area contributed by atoms with Gasteiger partial charge in [0.05, 0.1) is 5.52 Å². The first-order valence-corrected chi connectivity index (χ1v) is 7.82. The number of aromatic nitrogens is 1. The summed E-state index contributed by atoms with van der Waals surface area (Å²) in [5.41, 5.74) is 7.07. The predicted octanol–water partition coefficient (Wildman–Crippen LogP) is 5.42. The van der Waals surface area contributed by atoms with Crippen LogP contribution in [0.15, 0.2) is 12.3 Å². The maximum atomic E-state index is 9.81. The number of fused-ring (bicyclic) bond motifs is 1. The first-order chi connectivity index (χ1) is 9.81. The molecule has 0 saturated carbocycles. The lowest BCUT2D eigenvalue weighted by molar-refractivity contribution is -0.116. The molecule has 2 nitrogen and oxygen atoms in total. The fourth-order valence-corrected chi connectivity index (χ4v) is 2.24. The summed E-state index contributed by atoms with van der Waals surface area (Å²) in [6.07, 6.45) is 2.81. The highest BCUT2D eigenvalue weighted by molar-refractivity contribution is 5.88. The molecule has 1 heterocycles. The molecule has 0 radical (unpaired) electrons. The second-order valence-electron chi connectivity index (χ2n) is 5.24. The van der Waals surface area contributed by atoms with E-state index in [0.717, 1.165) is 0 Å². The van der Waals surface area contributed by atoms with Crippen molar-refractivity contribution < 1.29 is 4.79 Å². The van der Waals surface area contributed by atoms with Crippen molar-refractivity contribution in [3.63, 3.8) is 0 Å². The predicted molar refractivity (Wildman–Crippen MR) is 94.2 cm³/mol. The maximum Gasteiger partial charge on any atom is 0.129 e. The minimum Gasteiger partial charge on any atom is -0.350 e. The van der Waals surface area contributed by atoms with Crippen molar-refractivity contribution in [2.45, 2.75) is 61.8 Å². The van der Waals surface area contributed by atoms with E-state index in [1.54, 1.807) is 6.92 Å². The molecular weight excluding hydrogens is 258 g/mol. The van der Waals surface area contributed by atoms with Crippen LogP contribution in [0.2, 0.25) is 0 Å². The van der Waals surface area contributed by atoms with Crippen LogP contribution < -0.4 is 0 Å². The summed E-state index contributed by atoms with van der Waals surface area (Å²) in [6, 6.07) is 2.21. The lowest BCUT2D eigenvalue weighted by atomic mass is 9.96. The first kappa shape index (κ1) is 19.4. The van der Waals surface area contributed by atoms with Crippen LogP contribution >= 0.6 is 0 Å². The molecule has 0 aliphatic carbocycles. The number of carbonyl (C=O) groups excluding carboxylic acids is 1. The van der Waals surface area contributed by atoms with Crippen LogP contribution in [-0.2, 0) is 11.8 Å². The molecule has 0 unspecified atom stereocenters. The van der Waals surface area contributed by atoms with Crippen molar-refractivity contribution in [3.8, 4) is 0 Å². The van der Waals surface area contributed by atoms with Gasteiger partial charge < -0.3 is 9.36 Å². The van der Waals surface area contributed by atoms with E-state index < -0.39 is 0 Å². The molecule has 0 fully saturated rings. The summed E-state index contributed by atoms with van der Waals surface area (Å²) in [5.74, 6) is 0.255. The fourth-order valence-electron chi connectivity index (χ4n) is 2.24. The Balaban J connectivity index is 0.000000489. The molecule has 21 heavy (non-hydrogen) atoms. The van der Waals surface area contributed by atoms with E-state index in [1.165, 1.54) is 33.2 Å². The normalized spacial score (nSPS) is 9.57. The van der Waals surface area contributed by atoms with Gasteiger partial charge >= 0.3 is 0 Å². The summed E-state index contributed by atoms with van der Waals surface area (Å²) in [4.78, 5) is 9.81. The van der Waals surface area contributed by atoms with Gasteiger partial charge in [-0.2, -0.15) is 0 Å². The Morgan fingerprint density at radius 1 is 1.00 bits per heavy atom. The van der Waals surface area contributed by atoms with E-state index in [4.69, 9.17) is 0 Å². The smallest absolute Gasteiger partial charge is 0.129 e. The molecule has 0 N–H and O–H groups in total. The highest BCUT2D eigenvalue weighted by atomic mass is 16.1. The summed E-state index contributed by atoms with van der Waals surface area (Å²) < 4.78 is 2.21. The van der Waals surface area contributed by atoms with Gasteiger partial charge in [0.25, 0.3) is 0 Å². The number of ketones is 1. The number of rotatable bonds is 1. The van der Waals surface area contributed by atoms with Crippen LogP contribution in [0.25, 0.3) is 10.9 Å². The van der Waals surface area contributed by atoms with Gasteiger partial charge in [0.1, 0.15) is 5.78 Å². The lowest BCUT2D eigenvalue weighted by Crippen LogP contribution is -1.95. The molecule has 0 aliphatic heterocycles. The largest absolute Gasteiger partial charge is 0.350 e. The van der Waals surface area contributed by atoms with Crippen molar-refractivity contribution in [1.29, 1.82) is 0 Å². The number of aryl methyl sites for hydroxylation is 3. The Kier molecular flexibility index (Phi) is 8.01. The molecule has 1 aromatic heterocycles. The quantitative estimate of drug-likeness (QED) is 0.686. The van der Waals surface area contributed by atoms with E-state index in [2.05, 4.69) is 51.6 Å². The molecule has 1 aromatic carbocycles. The molecule has 2 aromatic rings. The molecule has 0 aliphatic rings. The minimum absolute atomic E-state index is 0.255. The number of Topliss-reactive ketones (excluding diaryl/α,β-unsaturated/α-hetero) is 1. The van der Waals surface area contributed by atoms with E-state index >= 15 is 0 Å². The van der Waals surface area contributed by atoms with Crippen molar-refractivity contribution in [2.24, 2.45) is 7.05 Å². The molecule has 2 heteroatoms. The Morgan fingerprint density at radius 3 is 1.86 bits per heavy atom. The second kappa shape index (κ2) is 8.66. The van der Waals surface area contributed by atoms with Crippen LogP contribution in [-0.4, -0.2) is 10.4 Å². The van der Waals surface area contributed by atoms with E-state index in [9.17, 15) is 4.79 Å². The van der Waals surface area contributed by atoms with E-state index in [-0.39, 0.29) is 5.78 Å². The van der Waals surface area contributed by atoms with Gasteiger partial charge in [0.15, 0.2) is 0 Å². The molecule has 0 spiro atoms. The number of benzene rings is 1. The zero-order valence-electron chi connectivity index (χ0n) is 15.2. The maximum absolute atomic E-state index is 9.81. The van der Waals surface area contributed by atoms with Crippen LogP contribution in [0.3, 0.4) is 0 Å². The monoisotopic (exact) mass is 289 g/mol. The van der Waals surface area contributed by atoms with Crippen LogP contribution in [0, 0.1) is 27.7 Å². The summed E-state index contributed by atoms with van der Waals surface area (Å²) in [7, 11) is 2.11. The summed E-state index contributed by atoms with van der Waals surface area (Å²) >= 11 is 0. The van der Waals surface area contributed by atoms with Gasteiger partial charge in [0, 0.05) is 25.1 Å². The number of hydrogen-bond donors (Lipinski definition) is 0. The van der Waals surface area contributed by atoms with Crippen molar-refractivity contribution in [2.75, 3.05) is 0 Å². The van der Waals surface area contributed by atoms with Gasteiger partial charge in [-0.1, -0.05) is 20.8 Å². The average Bonchev–Trinajstić information content (AvgIpc) is 2.87. The number of hydrogen-bond acceptors (Lipinski definition) is 1. The Bertz CT molecular complexity index is 606. The van der Waals surface area contributed by atoms with Crippen LogP contribution in [0.1, 0.15) is 56.4 Å². The number of nitrogens with zero attached hydrogens (tertiary/aromatic N) is 1. The standard InChI is InChI=1S/C13H17N.C4H8O.C2H6/c1-8-9(2)11(4)13-12(10(8)3)6-7-14(13)5;1-3-4(2)5;1-2/h6-7H,1-5H3;3H2,1-2H3;1-2H3. The third-order valence-corrected chi connectivity index (χ3v) is 4.02. The first-order valence-electron chi connectivity index (χ1n) is 7.82. The van der Waals surface area contributed by atoms with Gasteiger partial charge in [-0.3, -0.25) is 0 Å². The topological polar surface area (TPSA) is 22.0 Å². The molecule has 2 rings (SSSR count). The van der Waals surface area contributed by atoms with Crippen LogP contribution in [0.5, 0.6) is 0 Å². The Hall–Kier alpha value is -1.57. The molecule has 0 amide bonds. The van der Waals surface area contributed by atoms with Crippen molar-refractivity contribution in [3.05, 3.63) is 34.5 Å². The molecule has 0 saturated heterocycles. The highest BCUT2D eigenvalue weighted by Crippen LogP contribution is 2.29. The molecular formula is C19H31NO. The van der Waals surface area contributed by atoms with Gasteiger partial charge in [-0.05, 0) is 62.9 Å². The third kappa shape index (κ3) is 4.45. The lowest BCUT2D eigenvalue weighted by Gasteiger charge is -2.12. The SMILES string of the molecule is CC.CCC(C)=O.Cc1c(C)c(C)c2c(ccn2C)c1C. The van der Waals surface area contributed by atoms with Gasteiger partial charge in [0.2, 0.25) is 0 Å². The average molecular weight is 289 g/mol. The number of carbonyl (C=O) groups is 1. The van der Waals surface area contributed by atoms with Crippen molar-refractivity contribution >= 4 is 16.7 Å². The minimum atomic E-state index is 0.255. The summed E-state index contributed by atoms with van der Waals surface area (Å²) in [5, 5.41) is 1.40. The van der Waals surface area contributed by atoms with Crippen LogP contribution in [0.4, 0.5) is 0 Å². The highest BCUT2D eigenvalue weighted by Gasteiger charge is 2.10. The molecule has 0 bridgehead atoms. The zero-order valence-corrected chi connectivity index (χ0v) is 15.2. The van der Waals surface area contributed by atoms with Gasteiger partial charge in [-0.25, -0.2) is 0 Å². The summed E-state index contributed by atoms with van der Waals surface area (Å²) in [6.45, 7) is 16.3. The molecule has 0 atom stereocenters. The van der Waals surface area contributed by atoms with E-state index in [0.29, 0.717) is 6.42 Å². The third-order valence-electron chi connectivity index (χ3n) is 4.02. The zero-order chi connectivity index (χ0) is 16.7.